The van der Waals surface area contributed by atoms with Crippen molar-refractivity contribution < 1.29 is 14.6 Å². The molecule has 2 aliphatic rings. The number of benzene rings is 1. The fourth-order valence-electron chi connectivity index (χ4n) is 4.17. The van der Waals surface area contributed by atoms with Gasteiger partial charge in [-0.25, -0.2) is 4.79 Å². The minimum absolute atomic E-state index is 0.271. The Hall–Kier alpha value is -1.79. The van der Waals surface area contributed by atoms with Gasteiger partial charge in [-0.3, -0.25) is 0 Å². The van der Waals surface area contributed by atoms with E-state index in [9.17, 15) is 9.90 Å². The average molecular weight is 354 g/mol. The van der Waals surface area contributed by atoms with Gasteiger partial charge in [-0.15, -0.1) is 0 Å². The van der Waals surface area contributed by atoms with Crippen LogP contribution in [0.1, 0.15) is 74.6 Å². The second-order valence-corrected chi connectivity index (χ2v) is 7.72. The molecule has 0 heterocycles. The van der Waals surface area contributed by atoms with Gasteiger partial charge in [-0.2, -0.15) is 0 Å². The maximum atomic E-state index is 12.5. The molecule has 2 atom stereocenters. The van der Waals surface area contributed by atoms with E-state index < -0.39 is 12.2 Å². The molecule has 0 aromatic heterocycles. The Morgan fingerprint density at radius 1 is 0.885 bits per heavy atom. The fourth-order valence-corrected chi connectivity index (χ4v) is 4.17. The number of carbonyl (C=O) groups is 1. The molecule has 2 saturated carbocycles. The molecule has 2 aliphatic carbocycles. The topological polar surface area (TPSA) is 46.5 Å². The summed E-state index contributed by atoms with van der Waals surface area (Å²) in [5.41, 5.74) is 0.558. The Labute approximate surface area is 157 Å². The van der Waals surface area contributed by atoms with Gasteiger partial charge in [-0.05, 0) is 43.7 Å². The first-order valence-electron chi connectivity index (χ1n) is 10.2. The maximum Gasteiger partial charge on any atom is 0.339 e. The summed E-state index contributed by atoms with van der Waals surface area (Å²) in [6.07, 6.45) is 10.4. The van der Waals surface area contributed by atoms with Gasteiger partial charge in [-0.1, -0.05) is 68.6 Å². The molecule has 3 heteroatoms. The van der Waals surface area contributed by atoms with Crippen LogP contribution in [0.2, 0.25) is 0 Å². The molecule has 0 amide bonds. The molecule has 0 radical (unpaired) electrons. The molecule has 0 unspecified atom stereocenters. The van der Waals surface area contributed by atoms with Gasteiger partial charge in [0.2, 0.25) is 0 Å². The molecule has 26 heavy (non-hydrogen) atoms. The number of aliphatic hydroxyl groups excluding tert-OH is 1. The molecule has 0 aliphatic heterocycles. The van der Waals surface area contributed by atoms with Crippen LogP contribution in [-0.2, 0) is 4.74 Å². The molecular formula is C23H30O3. The van der Waals surface area contributed by atoms with Gasteiger partial charge in [0.05, 0.1) is 5.56 Å². The monoisotopic (exact) mass is 354 g/mol. The lowest BCUT2D eigenvalue weighted by molar-refractivity contribution is 0.0250. The molecular weight excluding hydrogens is 324 g/mol. The van der Waals surface area contributed by atoms with Crippen molar-refractivity contribution >= 4 is 5.97 Å². The first-order valence-corrected chi connectivity index (χ1v) is 10.2. The lowest BCUT2D eigenvalue weighted by Crippen LogP contribution is -2.28. The van der Waals surface area contributed by atoms with Crippen molar-refractivity contribution in [3.05, 3.63) is 35.9 Å². The molecule has 140 valence electrons. The van der Waals surface area contributed by atoms with Crippen molar-refractivity contribution in [1.29, 1.82) is 0 Å². The summed E-state index contributed by atoms with van der Waals surface area (Å²) >= 11 is 0. The van der Waals surface area contributed by atoms with Crippen molar-refractivity contribution in [2.45, 2.75) is 76.4 Å². The summed E-state index contributed by atoms with van der Waals surface area (Å²) in [6.45, 7) is 0. The molecule has 1 aromatic carbocycles. The van der Waals surface area contributed by atoms with Gasteiger partial charge in [0.1, 0.15) is 6.10 Å². The summed E-state index contributed by atoms with van der Waals surface area (Å²) < 4.78 is 5.79. The largest absolute Gasteiger partial charge is 0.445 e. The highest BCUT2D eigenvalue weighted by molar-refractivity contribution is 5.89. The lowest BCUT2D eigenvalue weighted by Gasteiger charge is -2.27. The Balaban J connectivity index is 1.69. The third-order valence-corrected chi connectivity index (χ3v) is 5.79. The van der Waals surface area contributed by atoms with Crippen LogP contribution in [-0.4, -0.2) is 23.3 Å². The summed E-state index contributed by atoms with van der Waals surface area (Å²) in [7, 11) is 0. The van der Waals surface area contributed by atoms with E-state index in [1.807, 2.05) is 18.2 Å². The van der Waals surface area contributed by atoms with Gasteiger partial charge in [0, 0.05) is 5.92 Å². The predicted octanol–water partition coefficient (Wildman–Crippen LogP) is 4.74. The number of esters is 1. The highest BCUT2D eigenvalue weighted by Gasteiger charge is 2.27. The molecule has 0 saturated heterocycles. The quantitative estimate of drug-likeness (QED) is 0.628. The van der Waals surface area contributed by atoms with Crippen LogP contribution in [0, 0.1) is 23.7 Å². The predicted molar refractivity (Wildman–Crippen MR) is 103 cm³/mol. The van der Waals surface area contributed by atoms with Gasteiger partial charge < -0.3 is 9.84 Å². The zero-order valence-corrected chi connectivity index (χ0v) is 15.5. The second-order valence-electron chi connectivity index (χ2n) is 7.72. The highest BCUT2D eigenvalue weighted by Crippen LogP contribution is 2.29. The number of hydrogen-bond donors (Lipinski definition) is 1. The Bertz CT molecular complexity index is 616. The minimum atomic E-state index is -0.600. The Kier molecular flexibility index (Phi) is 7.14. The fraction of sp³-hybridized carbons (Fsp3) is 0.609. The zero-order chi connectivity index (χ0) is 18.2. The minimum Gasteiger partial charge on any atom is -0.445 e. The molecule has 1 N–H and O–H groups in total. The van der Waals surface area contributed by atoms with Crippen molar-refractivity contribution in [1.82, 2.24) is 0 Å². The number of rotatable bonds is 4. The Morgan fingerprint density at radius 3 is 2.08 bits per heavy atom. The summed E-state index contributed by atoms with van der Waals surface area (Å²) in [5.74, 6) is 6.41. The van der Waals surface area contributed by atoms with E-state index in [1.165, 1.54) is 25.7 Å². The maximum absolute atomic E-state index is 12.5. The second kappa shape index (κ2) is 9.78. The number of hydrogen-bond acceptors (Lipinski definition) is 3. The van der Waals surface area contributed by atoms with Crippen molar-refractivity contribution in [2.75, 3.05) is 0 Å². The van der Waals surface area contributed by atoms with Crippen LogP contribution in [0.4, 0.5) is 0 Å². The molecule has 3 rings (SSSR count). The molecule has 2 fully saturated rings. The van der Waals surface area contributed by atoms with Crippen molar-refractivity contribution in [3.8, 4) is 11.8 Å². The highest BCUT2D eigenvalue weighted by atomic mass is 16.5. The van der Waals surface area contributed by atoms with E-state index in [0.717, 1.165) is 38.5 Å². The number of aliphatic hydroxyl groups is 1. The standard InChI is InChI=1S/C23H30O3/c24-21(18-10-4-1-5-11-18)16-17-22(19-12-6-2-7-13-19)26-23(25)20-14-8-3-9-15-20/h3,8-9,14-15,18-19,21-22,24H,1-2,4-7,10-13H2/t21-,22+/m0/s1. The van der Waals surface area contributed by atoms with Crippen LogP contribution in [0.25, 0.3) is 0 Å². The molecule has 0 bridgehead atoms. The Morgan fingerprint density at radius 2 is 1.46 bits per heavy atom. The van der Waals surface area contributed by atoms with Gasteiger partial charge in [0.25, 0.3) is 0 Å². The lowest BCUT2D eigenvalue weighted by atomic mass is 9.84. The van der Waals surface area contributed by atoms with Crippen molar-refractivity contribution in [3.63, 3.8) is 0 Å². The van der Waals surface area contributed by atoms with Gasteiger partial charge in [0.15, 0.2) is 6.10 Å². The van der Waals surface area contributed by atoms with Crippen LogP contribution >= 0.6 is 0 Å². The SMILES string of the molecule is O=C(O[C@H](C#C[C@H](O)C1CCCCC1)C1CCCCC1)c1ccccc1. The molecule has 1 aromatic rings. The van der Waals surface area contributed by atoms with E-state index in [0.29, 0.717) is 5.56 Å². The normalized spacial score (nSPS) is 21.3. The summed E-state index contributed by atoms with van der Waals surface area (Å²) in [5, 5.41) is 10.5. The van der Waals surface area contributed by atoms with Crippen LogP contribution < -0.4 is 0 Å². The third-order valence-electron chi connectivity index (χ3n) is 5.79. The van der Waals surface area contributed by atoms with E-state index in [-0.39, 0.29) is 17.8 Å². The van der Waals surface area contributed by atoms with Crippen LogP contribution in [0.5, 0.6) is 0 Å². The summed E-state index contributed by atoms with van der Waals surface area (Å²) in [6, 6.07) is 9.10. The zero-order valence-electron chi connectivity index (χ0n) is 15.5. The van der Waals surface area contributed by atoms with Crippen LogP contribution in [0.15, 0.2) is 30.3 Å². The third kappa shape index (κ3) is 5.35. The van der Waals surface area contributed by atoms with E-state index in [4.69, 9.17) is 4.74 Å². The first kappa shape index (κ1) is 19.0. The summed E-state index contributed by atoms with van der Waals surface area (Å²) in [4.78, 5) is 12.5. The van der Waals surface area contributed by atoms with E-state index in [2.05, 4.69) is 11.8 Å². The first-order chi connectivity index (χ1) is 12.7. The van der Waals surface area contributed by atoms with Gasteiger partial charge >= 0.3 is 5.97 Å². The smallest absolute Gasteiger partial charge is 0.339 e. The number of ether oxygens (including phenoxy) is 1. The molecule has 3 nitrogen and oxygen atoms in total. The average Bonchev–Trinajstić information content (AvgIpc) is 2.72. The van der Waals surface area contributed by atoms with E-state index in [1.54, 1.807) is 12.1 Å². The molecule has 0 spiro atoms. The number of carbonyl (C=O) groups excluding carboxylic acids is 1. The van der Waals surface area contributed by atoms with Crippen molar-refractivity contribution in [2.24, 2.45) is 11.8 Å². The van der Waals surface area contributed by atoms with E-state index >= 15 is 0 Å². The van der Waals surface area contributed by atoms with Crippen LogP contribution in [0.3, 0.4) is 0 Å².